The highest BCUT2D eigenvalue weighted by Crippen LogP contribution is 2.11. The van der Waals surface area contributed by atoms with E-state index in [2.05, 4.69) is 31.0 Å². The molecule has 1 aliphatic heterocycles. The van der Waals surface area contributed by atoms with E-state index in [9.17, 15) is 0 Å². The highest BCUT2D eigenvalue weighted by Gasteiger charge is 2.17. The van der Waals surface area contributed by atoms with E-state index in [0.717, 1.165) is 11.8 Å². The fourth-order valence-electron chi connectivity index (χ4n) is 1.87. The van der Waals surface area contributed by atoms with Crippen molar-refractivity contribution in [3.05, 3.63) is 0 Å². The van der Waals surface area contributed by atoms with Gasteiger partial charge in [0.05, 0.1) is 0 Å². The number of rotatable bonds is 7. The van der Waals surface area contributed by atoms with Gasteiger partial charge in [-0.3, -0.25) is 0 Å². The molecule has 1 aliphatic rings. The Morgan fingerprint density at radius 2 is 2.07 bits per heavy atom. The number of nitrogens with zero attached hydrogens (tertiary/aromatic N) is 1. The van der Waals surface area contributed by atoms with Crippen LogP contribution >= 0.6 is 0 Å². The third kappa shape index (κ3) is 3.97. The van der Waals surface area contributed by atoms with E-state index in [1.165, 1.54) is 45.6 Å². The van der Waals surface area contributed by atoms with Crippen molar-refractivity contribution in [1.82, 2.24) is 10.2 Å². The molecule has 0 spiro atoms. The van der Waals surface area contributed by atoms with Crippen LogP contribution in [-0.4, -0.2) is 37.6 Å². The lowest BCUT2D eigenvalue weighted by molar-refractivity contribution is 0.209. The third-order valence-electron chi connectivity index (χ3n) is 3.43. The van der Waals surface area contributed by atoms with Gasteiger partial charge in [0, 0.05) is 6.54 Å². The van der Waals surface area contributed by atoms with Gasteiger partial charge in [0.2, 0.25) is 0 Å². The Labute approximate surface area is 89.1 Å². The van der Waals surface area contributed by atoms with E-state index in [1.54, 1.807) is 0 Å². The standard InChI is InChI=1S/C12H26N2/c1-4-11(3)10-14(5-2)7-6-12-8-13-9-12/h11-13H,4-10H2,1-3H3. The van der Waals surface area contributed by atoms with E-state index >= 15 is 0 Å². The Bertz CT molecular complexity index is 143. The van der Waals surface area contributed by atoms with Crippen molar-refractivity contribution in [2.45, 2.75) is 33.6 Å². The average Bonchev–Trinajstić information content (AvgIpc) is 2.13. The minimum absolute atomic E-state index is 0.856. The molecule has 1 rings (SSSR count). The molecule has 0 aromatic rings. The summed E-state index contributed by atoms with van der Waals surface area (Å²) in [5.74, 6) is 1.82. The summed E-state index contributed by atoms with van der Waals surface area (Å²) >= 11 is 0. The number of hydrogen-bond donors (Lipinski definition) is 1. The van der Waals surface area contributed by atoms with Crippen LogP contribution in [0.4, 0.5) is 0 Å². The maximum absolute atomic E-state index is 3.34. The molecule has 0 bridgehead atoms. The van der Waals surface area contributed by atoms with Crippen molar-refractivity contribution in [3.8, 4) is 0 Å². The molecule has 84 valence electrons. The number of nitrogens with one attached hydrogen (secondary N) is 1. The SMILES string of the molecule is CCC(C)CN(CC)CCC1CNC1. The fraction of sp³-hybridized carbons (Fsp3) is 1.00. The highest BCUT2D eigenvalue weighted by molar-refractivity contribution is 4.75. The summed E-state index contributed by atoms with van der Waals surface area (Å²) < 4.78 is 0. The second kappa shape index (κ2) is 6.41. The maximum Gasteiger partial charge on any atom is 0.000680 e. The molecule has 1 unspecified atom stereocenters. The molecule has 1 atom stereocenters. The lowest BCUT2D eigenvalue weighted by atomic mass is 9.99. The van der Waals surface area contributed by atoms with Gasteiger partial charge in [-0.1, -0.05) is 27.2 Å². The van der Waals surface area contributed by atoms with Crippen LogP contribution in [0.5, 0.6) is 0 Å². The minimum atomic E-state index is 0.856. The smallest absolute Gasteiger partial charge is 0.000680 e. The molecule has 0 aromatic heterocycles. The second-order valence-corrected chi connectivity index (χ2v) is 4.72. The lowest BCUT2D eigenvalue weighted by Crippen LogP contribution is -2.44. The predicted octanol–water partition coefficient (Wildman–Crippen LogP) is 1.96. The van der Waals surface area contributed by atoms with Crippen molar-refractivity contribution in [2.24, 2.45) is 11.8 Å². The summed E-state index contributed by atoms with van der Waals surface area (Å²) in [7, 11) is 0. The van der Waals surface area contributed by atoms with Crippen LogP contribution in [-0.2, 0) is 0 Å². The molecule has 2 nitrogen and oxygen atoms in total. The average molecular weight is 198 g/mol. The molecule has 1 N–H and O–H groups in total. The van der Waals surface area contributed by atoms with Crippen LogP contribution in [0.2, 0.25) is 0 Å². The lowest BCUT2D eigenvalue weighted by Gasteiger charge is -2.30. The van der Waals surface area contributed by atoms with Crippen LogP contribution in [0.15, 0.2) is 0 Å². The minimum Gasteiger partial charge on any atom is -0.316 e. The van der Waals surface area contributed by atoms with Crippen LogP contribution in [0.3, 0.4) is 0 Å². The van der Waals surface area contributed by atoms with E-state index in [4.69, 9.17) is 0 Å². The Hall–Kier alpha value is -0.0800. The monoisotopic (exact) mass is 198 g/mol. The summed E-state index contributed by atoms with van der Waals surface area (Å²) in [6.07, 6.45) is 2.69. The third-order valence-corrected chi connectivity index (χ3v) is 3.43. The molecule has 0 aromatic carbocycles. The summed E-state index contributed by atoms with van der Waals surface area (Å²) in [5, 5.41) is 3.34. The first-order chi connectivity index (χ1) is 6.76. The van der Waals surface area contributed by atoms with Crippen molar-refractivity contribution in [3.63, 3.8) is 0 Å². The first-order valence-corrected chi connectivity index (χ1v) is 6.19. The van der Waals surface area contributed by atoms with Crippen LogP contribution in [0.1, 0.15) is 33.6 Å². The Balaban J connectivity index is 2.10. The van der Waals surface area contributed by atoms with E-state index in [-0.39, 0.29) is 0 Å². The van der Waals surface area contributed by atoms with Crippen molar-refractivity contribution < 1.29 is 0 Å². The summed E-state index contributed by atoms with van der Waals surface area (Å²) in [6, 6.07) is 0. The Kier molecular flexibility index (Phi) is 5.49. The van der Waals surface area contributed by atoms with Gasteiger partial charge in [-0.05, 0) is 44.4 Å². The van der Waals surface area contributed by atoms with E-state index in [0.29, 0.717) is 0 Å². The highest BCUT2D eigenvalue weighted by atomic mass is 15.1. The number of hydrogen-bond acceptors (Lipinski definition) is 2. The molecule has 0 aliphatic carbocycles. The molecule has 1 saturated heterocycles. The quantitative estimate of drug-likeness (QED) is 0.673. The van der Waals surface area contributed by atoms with Crippen molar-refractivity contribution >= 4 is 0 Å². The predicted molar refractivity (Wildman–Crippen MR) is 62.5 cm³/mol. The molecule has 14 heavy (non-hydrogen) atoms. The molecule has 0 radical (unpaired) electrons. The molecular formula is C12H26N2. The summed E-state index contributed by atoms with van der Waals surface area (Å²) in [4.78, 5) is 2.60. The summed E-state index contributed by atoms with van der Waals surface area (Å²) in [6.45, 7) is 13.2. The Morgan fingerprint density at radius 3 is 2.50 bits per heavy atom. The van der Waals surface area contributed by atoms with Crippen LogP contribution < -0.4 is 5.32 Å². The van der Waals surface area contributed by atoms with E-state index in [1.807, 2.05) is 0 Å². The fourth-order valence-corrected chi connectivity index (χ4v) is 1.87. The molecule has 0 saturated carbocycles. The van der Waals surface area contributed by atoms with Crippen molar-refractivity contribution in [1.29, 1.82) is 0 Å². The zero-order valence-corrected chi connectivity index (χ0v) is 10.1. The zero-order chi connectivity index (χ0) is 10.4. The second-order valence-electron chi connectivity index (χ2n) is 4.72. The van der Waals surface area contributed by atoms with Crippen molar-refractivity contribution in [2.75, 3.05) is 32.7 Å². The van der Waals surface area contributed by atoms with Gasteiger partial charge in [-0.25, -0.2) is 0 Å². The normalized spacial score (nSPS) is 19.7. The molecule has 0 amide bonds. The topological polar surface area (TPSA) is 15.3 Å². The largest absolute Gasteiger partial charge is 0.316 e. The maximum atomic E-state index is 3.34. The van der Waals surface area contributed by atoms with Crippen LogP contribution in [0.25, 0.3) is 0 Å². The van der Waals surface area contributed by atoms with Gasteiger partial charge >= 0.3 is 0 Å². The molecule has 1 fully saturated rings. The molecule has 1 heterocycles. The van der Waals surface area contributed by atoms with Gasteiger partial charge in [0.1, 0.15) is 0 Å². The molecular weight excluding hydrogens is 172 g/mol. The van der Waals surface area contributed by atoms with Crippen LogP contribution in [0, 0.1) is 11.8 Å². The van der Waals surface area contributed by atoms with Gasteiger partial charge in [0.15, 0.2) is 0 Å². The summed E-state index contributed by atoms with van der Waals surface area (Å²) in [5.41, 5.74) is 0. The van der Waals surface area contributed by atoms with Gasteiger partial charge in [-0.2, -0.15) is 0 Å². The zero-order valence-electron chi connectivity index (χ0n) is 10.1. The Morgan fingerprint density at radius 1 is 1.36 bits per heavy atom. The first kappa shape index (κ1) is 12.0. The van der Waals surface area contributed by atoms with Gasteiger partial charge in [0.25, 0.3) is 0 Å². The van der Waals surface area contributed by atoms with Gasteiger partial charge in [-0.15, -0.1) is 0 Å². The molecule has 2 heteroatoms. The van der Waals surface area contributed by atoms with E-state index < -0.39 is 0 Å². The first-order valence-electron chi connectivity index (χ1n) is 6.19. The van der Waals surface area contributed by atoms with Gasteiger partial charge < -0.3 is 10.2 Å².